The fourth-order valence-corrected chi connectivity index (χ4v) is 4.16. The van der Waals surface area contributed by atoms with Crippen LogP contribution < -0.4 is 5.32 Å². The summed E-state index contributed by atoms with van der Waals surface area (Å²) in [6.45, 7) is 2.36. The molecule has 4 nitrogen and oxygen atoms in total. The Labute approximate surface area is 140 Å². The standard InChI is InChI=1S/C20H19N3O/c24-20-22(12-14-6-2-1-3-7-14)13-17-19-16(10-11-21-17)15-8-4-5-9-18(15)23(19)20/h1-9,17,21H,10-13H2. The first kappa shape index (κ1) is 13.8. The Bertz CT molecular complexity index is 929. The minimum absolute atomic E-state index is 0.0938. The molecule has 3 heterocycles. The number of fused-ring (bicyclic) bond motifs is 3. The highest BCUT2D eigenvalue weighted by atomic mass is 16.2. The molecule has 1 amide bonds. The Morgan fingerprint density at radius 3 is 2.71 bits per heavy atom. The van der Waals surface area contributed by atoms with Crippen LogP contribution in [0.4, 0.5) is 4.79 Å². The van der Waals surface area contributed by atoms with E-state index in [1.165, 1.54) is 22.2 Å². The summed E-state index contributed by atoms with van der Waals surface area (Å²) < 4.78 is 1.94. The molecular formula is C20H19N3O. The van der Waals surface area contributed by atoms with E-state index in [-0.39, 0.29) is 12.1 Å². The van der Waals surface area contributed by atoms with E-state index >= 15 is 0 Å². The van der Waals surface area contributed by atoms with Gasteiger partial charge in [-0.2, -0.15) is 0 Å². The molecule has 1 unspecified atom stereocenters. The number of benzene rings is 2. The van der Waals surface area contributed by atoms with Crippen LogP contribution in [0.1, 0.15) is 22.9 Å². The molecular weight excluding hydrogens is 298 g/mol. The van der Waals surface area contributed by atoms with Gasteiger partial charge >= 0.3 is 6.03 Å². The zero-order chi connectivity index (χ0) is 16.1. The van der Waals surface area contributed by atoms with Crippen molar-refractivity contribution in [1.82, 2.24) is 14.8 Å². The number of hydrogen-bond donors (Lipinski definition) is 1. The van der Waals surface area contributed by atoms with E-state index in [4.69, 9.17) is 0 Å². The average molecular weight is 317 g/mol. The number of carbonyl (C=O) groups is 1. The summed E-state index contributed by atoms with van der Waals surface area (Å²) in [5, 5.41) is 4.83. The van der Waals surface area contributed by atoms with Crippen LogP contribution in [0.5, 0.6) is 0 Å². The first-order valence-corrected chi connectivity index (χ1v) is 8.52. The maximum absolute atomic E-state index is 13.2. The highest BCUT2D eigenvalue weighted by molar-refractivity contribution is 5.96. The fourth-order valence-electron chi connectivity index (χ4n) is 4.16. The summed E-state index contributed by atoms with van der Waals surface area (Å²) in [6, 6.07) is 18.8. The van der Waals surface area contributed by atoms with Crippen molar-refractivity contribution in [3.05, 3.63) is 71.4 Å². The van der Waals surface area contributed by atoms with Crippen LogP contribution >= 0.6 is 0 Å². The largest absolute Gasteiger partial charge is 0.329 e. The molecule has 120 valence electrons. The number of aromatic nitrogens is 1. The molecule has 1 atom stereocenters. The first-order chi connectivity index (χ1) is 11.8. The maximum Gasteiger partial charge on any atom is 0.329 e. The van der Waals surface area contributed by atoms with Crippen molar-refractivity contribution < 1.29 is 4.79 Å². The Balaban J connectivity index is 1.64. The molecule has 2 aliphatic rings. The highest BCUT2D eigenvalue weighted by Crippen LogP contribution is 2.36. The second-order valence-corrected chi connectivity index (χ2v) is 6.62. The molecule has 0 aliphatic carbocycles. The molecule has 0 fully saturated rings. The maximum atomic E-state index is 13.2. The van der Waals surface area contributed by atoms with Crippen molar-refractivity contribution in [3.63, 3.8) is 0 Å². The molecule has 0 radical (unpaired) electrons. The lowest BCUT2D eigenvalue weighted by atomic mass is 9.98. The molecule has 24 heavy (non-hydrogen) atoms. The molecule has 0 bridgehead atoms. The van der Waals surface area contributed by atoms with Crippen LogP contribution in [0.15, 0.2) is 54.6 Å². The lowest BCUT2D eigenvalue weighted by Gasteiger charge is -2.37. The van der Waals surface area contributed by atoms with Crippen molar-refractivity contribution >= 4 is 16.9 Å². The van der Waals surface area contributed by atoms with Crippen molar-refractivity contribution in [2.24, 2.45) is 0 Å². The van der Waals surface area contributed by atoms with Crippen LogP contribution in [0.25, 0.3) is 10.9 Å². The number of rotatable bonds is 2. The summed E-state index contributed by atoms with van der Waals surface area (Å²) >= 11 is 0. The van der Waals surface area contributed by atoms with Gasteiger partial charge in [0.2, 0.25) is 0 Å². The number of para-hydroxylation sites is 1. The van der Waals surface area contributed by atoms with E-state index < -0.39 is 0 Å². The van der Waals surface area contributed by atoms with Gasteiger partial charge in [-0.3, -0.25) is 4.57 Å². The SMILES string of the molecule is O=C1N(Cc2ccccc2)CC2NCCc3c2n1c1ccccc31. The Hall–Kier alpha value is -2.59. The summed E-state index contributed by atoms with van der Waals surface area (Å²) in [5.74, 6) is 0. The van der Waals surface area contributed by atoms with Gasteiger partial charge < -0.3 is 10.2 Å². The third-order valence-corrected chi connectivity index (χ3v) is 5.20. The summed E-state index contributed by atoms with van der Waals surface area (Å²) in [4.78, 5) is 15.2. The lowest BCUT2D eigenvalue weighted by molar-refractivity contribution is 0.176. The first-order valence-electron chi connectivity index (χ1n) is 8.52. The van der Waals surface area contributed by atoms with Crippen LogP contribution in [-0.2, 0) is 13.0 Å². The molecule has 0 saturated carbocycles. The molecule has 4 heteroatoms. The van der Waals surface area contributed by atoms with Gasteiger partial charge in [-0.1, -0.05) is 48.5 Å². The summed E-state index contributed by atoms with van der Waals surface area (Å²) in [6.07, 6.45) is 0.991. The normalized spacial score (nSPS) is 19.6. The number of amides is 1. The van der Waals surface area contributed by atoms with Gasteiger partial charge in [0.1, 0.15) is 0 Å². The zero-order valence-corrected chi connectivity index (χ0v) is 13.4. The minimum atomic E-state index is 0.0938. The zero-order valence-electron chi connectivity index (χ0n) is 13.4. The topological polar surface area (TPSA) is 37.3 Å². The summed E-state index contributed by atoms with van der Waals surface area (Å²) in [5.41, 5.74) is 4.74. The third-order valence-electron chi connectivity index (χ3n) is 5.20. The van der Waals surface area contributed by atoms with Crippen LogP contribution in [0.2, 0.25) is 0 Å². The molecule has 3 aromatic rings. The lowest BCUT2D eigenvalue weighted by Crippen LogP contribution is -2.48. The van der Waals surface area contributed by atoms with Gasteiger partial charge in [0.05, 0.1) is 17.3 Å². The fraction of sp³-hybridized carbons (Fsp3) is 0.250. The molecule has 1 aromatic heterocycles. The Kier molecular flexibility index (Phi) is 3.00. The van der Waals surface area contributed by atoms with Gasteiger partial charge in [0.25, 0.3) is 0 Å². The second kappa shape index (κ2) is 5.21. The van der Waals surface area contributed by atoms with Crippen molar-refractivity contribution in [2.45, 2.75) is 19.0 Å². The van der Waals surface area contributed by atoms with Crippen LogP contribution in [0, 0.1) is 0 Å². The van der Waals surface area contributed by atoms with E-state index in [1.807, 2.05) is 33.7 Å². The minimum Gasteiger partial charge on any atom is -0.318 e. The van der Waals surface area contributed by atoms with E-state index in [1.54, 1.807) is 0 Å². The average Bonchev–Trinajstić information content (AvgIpc) is 2.97. The van der Waals surface area contributed by atoms with Crippen LogP contribution in [0.3, 0.4) is 0 Å². The number of nitrogens with zero attached hydrogens (tertiary/aromatic N) is 2. The van der Waals surface area contributed by atoms with Gasteiger partial charge in [0, 0.05) is 18.5 Å². The van der Waals surface area contributed by atoms with Gasteiger partial charge in [-0.05, 0) is 30.2 Å². The Morgan fingerprint density at radius 2 is 1.83 bits per heavy atom. The Morgan fingerprint density at radius 1 is 1.04 bits per heavy atom. The predicted molar refractivity (Wildman–Crippen MR) is 94.0 cm³/mol. The van der Waals surface area contributed by atoms with Gasteiger partial charge in [0.15, 0.2) is 0 Å². The second-order valence-electron chi connectivity index (χ2n) is 6.62. The number of hydrogen-bond acceptors (Lipinski definition) is 2. The van der Waals surface area contributed by atoms with E-state index in [2.05, 4.69) is 35.6 Å². The molecule has 2 aliphatic heterocycles. The van der Waals surface area contributed by atoms with E-state index in [0.717, 1.165) is 25.0 Å². The monoisotopic (exact) mass is 317 g/mol. The highest BCUT2D eigenvalue weighted by Gasteiger charge is 2.37. The molecule has 0 saturated heterocycles. The van der Waals surface area contributed by atoms with Crippen LogP contribution in [-0.4, -0.2) is 28.6 Å². The van der Waals surface area contributed by atoms with Gasteiger partial charge in [-0.25, -0.2) is 4.79 Å². The number of nitrogens with one attached hydrogen (secondary N) is 1. The molecule has 1 N–H and O–H groups in total. The predicted octanol–water partition coefficient (Wildman–Crippen LogP) is 3.31. The smallest absolute Gasteiger partial charge is 0.318 e. The van der Waals surface area contributed by atoms with Crippen molar-refractivity contribution in [1.29, 1.82) is 0 Å². The van der Waals surface area contributed by atoms with Gasteiger partial charge in [-0.15, -0.1) is 0 Å². The van der Waals surface area contributed by atoms with Crippen molar-refractivity contribution in [3.8, 4) is 0 Å². The van der Waals surface area contributed by atoms with E-state index in [0.29, 0.717) is 6.54 Å². The summed E-state index contributed by atoms with van der Waals surface area (Å²) in [7, 11) is 0. The molecule has 5 rings (SSSR count). The third kappa shape index (κ3) is 1.93. The van der Waals surface area contributed by atoms with Crippen molar-refractivity contribution in [2.75, 3.05) is 13.1 Å². The molecule has 2 aromatic carbocycles. The number of carbonyl (C=O) groups excluding carboxylic acids is 1. The quantitative estimate of drug-likeness (QED) is 0.787. The molecule has 0 spiro atoms. The van der Waals surface area contributed by atoms with E-state index in [9.17, 15) is 4.79 Å².